The molecule has 0 bridgehead atoms. The number of β-amino-alcohol motifs (C(OH)–C–C–N with tert-alkyl or cyclic N) is 1. The summed E-state index contributed by atoms with van der Waals surface area (Å²) in [6, 6.07) is 6.04. The van der Waals surface area contributed by atoms with E-state index in [0.717, 1.165) is 56.8 Å². The Kier molecular flexibility index (Phi) is 5.40. The van der Waals surface area contributed by atoms with Gasteiger partial charge in [-0.1, -0.05) is 0 Å². The van der Waals surface area contributed by atoms with Crippen molar-refractivity contribution < 1.29 is 9.84 Å². The normalized spacial score (nSPS) is 20.8. The van der Waals surface area contributed by atoms with Gasteiger partial charge in [-0.05, 0) is 32.0 Å². The fourth-order valence-corrected chi connectivity index (χ4v) is 4.18. The lowest BCUT2D eigenvalue weighted by Crippen LogP contribution is -2.53. The summed E-state index contributed by atoms with van der Waals surface area (Å²) < 4.78 is 7.04. The van der Waals surface area contributed by atoms with E-state index >= 15 is 0 Å². The molecule has 0 atom stereocenters. The molecule has 2 saturated heterocycles. The predicted molar refractivity (Wildman–Crippen MR) is 110 cm³/mol. The first-order valence-corrected chi connectivity index (χ1v) is 10.2. The first kappa shape index (κ1) is 19.4. The van der Waals surface area contributed by atoms with E-state index in [-0.39, 0.29) is 11.6 Å². The van der Waals surface area contributed by atoms with E-state index in [9.17, 15) is 9.90 Å². The molecule has 2 aliphatic heterocycles. The van der Waals surface area contributed by atoms with Gasteiger partial charge in [-0.2, -0.15) is 0 Å². The average molecular weight is 386 g/mol. The Bertz CT molecular complexity index is 881. The van der Waals surface area contributed by atoms with E-state index in [1.165, 1.54) is 0 Å². The summed E-state index contributed by atoms with van der Waals surface area (Å²) in [5.41, 5.74) is 1.26. The second-order valence-electron chi connectivity index (χ2n) is 8.35. The van der Waals surface area contributed by atoms with Crippen molar-refractivity contribution in [2.45, 2.75) is 38.3 Å². The minimum absolute atomic E-state index is 0.0149. The molecule has 2 aromatic rings. The van der Waals surface area contributed by atoms with Gasteiger partial charge in [-0.3, -0.25) is 14.3 Å². The van der Waals surface area contributed by atoms with Crippen LogP contribution in [0.3, 0.4) is 0 Å². The number of ether oxygens (including phenoxy) is 1. The molecule has 3 heterocycles. The Morgan fingerprint density at radius 1 is 1.18 bits per heavy atom. The molecule has 0 aliphatic carbocycles. The SMILES string of the molecule is CC(C)n1cnc2cc(N3CCN(CC4(O)CCOCC4)CC3)ccc2c1=O. The zero-order valence-corrected chi connectivity index (χ0v) is 16.8. The number of aliphatic hydroxyl groups is 1. The van der Waals surface area contributed by atoms with Crippen LogP contribution < -0.4 is 10.5 Å². The highest BCUT2D eigenvalue weighted by molar-refractivity contribution is 5.81. The number of hydrogen-bond acceptors (Lipinski definition) is 6. The van der Waals surface area contributed by atoms with Crippen molar-refractivity contribution in [1.82, 2.24) is 14.5 Å². The number of rotatable bonds is 4. The number of fused-ring (bicyclic) bond motifs is 1. The number of anilines is 1. The van der Waals surface area contributed by atoms with E-state index < -0.39 is 5.60 Å². The van der Waals surface area contributed by atoms with Gasteiger partial charge in [0.15, 0.2) is 0 Å². The zero-order chi connectivity index (χ0) is 19.7. The van der Waals surface area contributed by atoms with E-state index in [2.05, 4.69) is 14.8 Å². The molecule has 1 aromatic carbocycles. The first-order chi connectivity index (χ1) is 13.5. The summed E-state index contributed by atoms with van der Waals surface area (Å²) in [5, 5.41) is 11.4. The summed E-state index contributed by atoms with van der Waals surface area (Å²) in [4.78, 5) is 21.8. The van der Waals surface area contributed by atoms with Crippen LogP contribution in [0.25, 0.3) is 10.9 Å². The third-order valence-electron chi connectivity index (χ3n) is 6.00. The summed E-state index contributed by atoms with van der Waals surface area (Å²) in [6.45, 7) is 9.64. The van der Waals surface area contributed by atoms with Gasteiger partial charge in [0, 0.05) is 70.5 Å². The van der Waals surface area contributed by atoms with E-state index in [4.69, 9.17) is 4.74 Å². The number of aromatic nitrogens is 2. The van der Waals surface area contributed by atoms with Gasteiger partial charge in [-0.25, -0.2) is 4.98 Å². The fourth-order valence-electron chi connectivity index (χ4n) is 4.18. The van der Waals surface area contributed by atoms with Crippen LogP contribution in [0.2, 0.25) is 0 Å². The number of piperazine rings is 1. The second kappa shape index (κ2) is 7.81. The first-order valence-electron chi connectivity index (χ1n) is 10.2. The van der Waals surface area contributed by atoms with Gasteiger partial charge in [0.1, 0.15) is 0 Å². The molecule has 2 aliphatic rings. The van der Waals surface area contributed by atoms with Crippen molar-refractivity contribution in [1.29, 1.82) is 0 Å². The lowest BCUT2D eigenvalue weighted by atomic mass is 9.93. The third kappa shape index (κ3) is 3.92. The predicted octanol–water partition coefficient (Wildman–Crippen LogP) is 1.64. The molecular weight excluding hydrogens is 356 g/mol. The lowest BCUT2D eigenvalue weighted by Gasteiger charge is -2.41. The van der Waals surface area contributed by atoms with Crippen molar-refractivity contribution in [2.75, 3.05) is 50.8 Å². The molecule has 0 spiro atoms. The van der Waals surface area contributed by atoms with Gasteiger partial charge in [0.2, 0.25) is 0 Å². The Labute approximate surface area is 165 Å². The zero-order valence-electron chi connectivity index (χ0n) is 16.8. The number of hydrogen-bond donors (Lipinski definition) is 1. The molecule has 7 nitrogen and oxygen atoms in total. The maximum atomic E-state index is 12.6. The lowest BCUT2D eigenvalue weighted by molar-refractivity contribution is -0.0802. The minimum atomic E-state index is -0.608. The molecule has 4 rings (SSSR count). The topological polar surface area (TPSA) is 70.8 Å². The van der Waals surface area contributed by atoms with Gasteiger partial charge in [0.25, 0.3) is 5.56 Å². The van der Waals surface area contributed by atoms with Crippen LogP contribution in [0, 0.1) is 0 Å². The molecule has 2 fully saturated rings. The van der Waals surface area contributed by atoms with Crippen molar-refractivity contribution in [3.05, 3.63) is 34.9 Å². The van der Waals surface area contributed by atoms with E-state index in [1.807, 2.05) is 32.0 Å². The standard InChI is InChI=1S/C21H30N4O3/c1-16(2)25-15-22-19-13-17(3-4-18(19)20(25)26)24-9-7-23(8-10-24)14-21(27)5-11-28-12-6-21/h3-4,13,15-16,27H,5-12,14H2,1-2H3. The Balaban J connectivity index is 1.43. The molecule has 1 N–H and O–H groups in total. The molecule has 7 heteroatoms. The highest BCUT2D eigenvalue weighted by Gasteiger charge is 2.33. The van der Waals surface area contributed by atoms with Crippen LogP contribution in [0.5, 0.6) is 0 Å². The highest BCUT2D eigenvalue weighted by atomic mass is 16.5. The Morgan fingerprint density at radius 2 is 1.89 bits per heavy atom. The third-order valence-corrected chi connectivity index (χ3v) is 6.00. The molecule has 0 saturated carbocycles. The van der Waals surface area contributed by atoms with Crippen LogP contribution in [-0.2, 0) is 4.74 Å². The number of benzene rings is 1. The molecule has 1 aromatic heterocycles. The van der Waals surface area contributed by atoms with E-state index in [0.29, 0.717) is 18.6 Å². The molecule has 0 radical (unpaired) electrons. The fraction of sp³-hybridized carbons (Fsp3) is 0.619. The highest BCUT2D eigenvalue weighted by Crippen LogP contribution is 2.24. The van der Waals surface area contributed by atoms with Crippen LogP contribution >= 0.6 is 0 Å². The minimum Gasteiger partial charge on any atom is -0.388 e. The quantitative estimate of drug-likeness (QED) is 0.862. The summed E-state index contributed by atoms with van der Waals surface area (Å²) in [5.74, 6) is 0. The molecule has 0 unspecified atom stereocenters. The molecular formula is C21H30N4O3. The van der Waals surface area contributed by atoms with E-state index in [1.54, 1.807) is 10.9 Å². The monoisotopic (exact) mass is 386 g/mol. The smallest absolute Gasteiger partial charge is 0.261 e. The average Bonchev–Trinajstić information content (AvgIpc) is 2.68. The summed E-state index contributed by atoms with van der Waals surface area (Å²) in [7, 11) is 0. The largest absolute Gasteiger partial charge is 0.388 e. The van der Waals surface area contributed by atoms with Crippen molar-refractivity contribution in [3.8, 4) is 0 Å². The van der Waals surface area contributed by atoms with Crippen LogP contribution in [0.4, 0.5) is 5.69 Å². The Morgan fingerprint density at radius 3 is 2.57 bits per heavy atom. The molecule has 0 amide bonds. The summed E-state index contributed by atoms with van der Waals surface area (Å²) in [6.07, 6.45) is 3.08. The van der Waals surface area contributed by atoms with Crippen LogP contribution in [0.15, 0.2) is 29.3 Å². The maximum absolute atomic E-state index is 12.6. The number of nitrogens with zero attached hydrogens (tertiary/aromatic N) is 4. The van der Waals surface area contributed by atoms with Gasteiger partial charge < -0.3 is 14.7 Å². The van der Waals surface area contributed by atoms with Crippen molar-refractivity contribution in [2.24, 2.45) is 0 Å². The van der Waals surface area contributed by atoms with Crippen LogP contribution in [-0.4, -0.2) is 71.1 Å². The van der Waals surface area contributed by atoms with Gasteiger partial charge in [-0.15, -0.1) is 0 Å². The van der Waals surface area contributed by atoms with Crippen molar-refractivity contribution >= 4 is 16.6 Å². The summed E-state index contributed by atoms with van der Waals surface area (Å²) >= 11 is 0. The van der Waals surface area contributed by atoms with Gasteiger partial charge in [0.05, 0.1) is 22.8 Å². The Hall–Kier alpha value is -1.96. The van der Waals surface area contributed by atoms with Gasteiger partial charge >= 0.3 is 0 Å². The second-order valence-corrected chi connectivity index (χ2v) is 8.35. The maximum Gasteiger partial charge on any atom is 0.261 e. The molecule has 152 valence electrons. The molecule has 28 heavy (non-hydrogen) atoms. The van der Waals surface area contributed by atoms with Crippen LogP contribution in [0.1, 0.15) is 32.7 Å². The van der Waals surface area contributed by atoms with Crippen molar-refractivity contribution in [3.63, 3.8) is 0 Å².